The lowest BCUT2D eigenvalue weighted by Gasteiger charge is -2.11. The lowest BCUT2D eigenvalue weighted by Crippen LogP contribution is -2.32. The molecule has 1 aromatic heterocycles. The van der Waals surface area contributed by atoms with Crippen LogP contribution in [0.25, 0.3) is 11.0 Å². The Morgan fingerprint density at radius 3 is 2.71 bits per heavy atom. The van der Waals surface area contributed by atoms with E-state index in [2.05, 4.69) is 5.43 Å². The number of hydrogen-bond donors (Lipinski definition) is 2. The van der Waals surface area contributed by atoms with E-state index < -0.39 is 15.9 Å². The molecular weight excluding hydrogens is 240 g/mol. The van der Waals surface area contributed by atoms with Crippen molar-refractivity contribution in [2.24, 2.45) is 5.84 Å². The number of furan rings is 1. The fraction of sp³-hybridized carbons (Fsp3) is 0.273. The molecular formula is C11H14N2O3S. The van der Waals surface area contributed by atoms with E-state index in [1.807, 2.05) is 24.3 Å². The Hall–Kier alpha value is -1.37. The van der Waals surface area contributed by atoms with Gasteiger partial charge in [0.1, 0.15) is 21.2 Å². The first-order valence-electron chi connectivity index (χ1n) is 5.12. The number of nitrogens with two attached hydrogens (primary N) is 1. The number of rotatable bonds is 4. The van der Waals surface area contributed by atoms with Crippen molar-refractivity contribution in [3.05, 3.63) is 36.1 Å². The third kappa shape index (κ3) is 2.85. The second-order valence-electron chi connectivity index (χ2n) is 4.00. The van der Waals surface area contributed by atoms with E-state index in [0.29, 0.717) is 5.76 Å². The molecule has 2 rings (SSSR count). The zero-order valence-electron chi connectivity index (χ0n) is 9.38. The third-order valence-corrected chi connectivity index (χ3v) is 3.40. The van der Waals surface area contributed by atoms with E-state index in [4.69, 9.17) is 10.3 Å². The van der Waals surface area contributed by atoms with Crippen LogP contribution in [0.1, 0.15) is 11.8 Å². The van der Waals surface area contributed by atoms with Gasteiger partial charge in [0.15, 0.2) is 0 Å². The summed E-state index contributed by atoms with van der Waals surface area (Å²) in [4.78, 5) is 0. The van der Waals surface area contributed by atoms with E-state index in [-0.39, 0.29) is 5.75 Å². The van der Waals surface area contributed by atoms with Gasteiger partial charge in [0.2, 0.25) is 0 Å². The molecule has 17 heavy (non-hydrogen) atoms. The third-order valence-electron chi connectivity index (χ3n) is 2.46. The van der Waals surface area contributed by atoms with Gasteiger partial charge in [-0.2, -0.15) is 0 Å². The molecule has 6 heteroatoms. The molecule has 3 N–H and O–H groups in total. The highest BCUT2D eigenvalue weighted by Crippen LogP contribution is 2.24. The molecule has 2 aromatic rings. The first-order chi connectivity index (χ1) is 7.99. The molecule has 1 unspecified atom stereocenters. The number of hydrogen-bond acceptors (Lipinski definition) is 5. The highest BCUT2D eigenvalue weighted by Gasteiger charge is 2.19. The van der Waals surface area contributed by atoms with Crippen LogP contribution >= 0.6 is 0 Å². The van der Waals surface area contributed by atoms with Crippen molar-refractivity contribution in [1.29, 1.82) is 0 Å². The van der Waals surface area contributed by atoms with Crippen LogP contribution in [0.15, 0.2) is 34.7 Å². The predicted molar refractivity (Wildman–Crippen MR) is 66.0 cm³/mol. The van der Waals surface area contributed by atoms with Crippen molar-refractivity contribution < 1.29 is 12.8 Å². The minimum atomic E-state index is -3.12. The van der Waals surface area contributed by atoms with Crippen molar-refractivity contribution >= 4 is 20.8 Å². The SMILES string of the molecule is CS(=O)(=O)CC(NN)c1cc2ccccc2o1. The smallest absolute Gasteiger partial charge is 0.149 e. The van der Waals surface area contributed by atoms with Gasteiger partial charge < -0.3 is 4.42 Å². The number of para-hydroxylation sites is 1. The van der Waals surface area contributed by atoms with E-state index in [9.17, 15) is 8.42 Å². The summed E-state index contributed by atoms with van der Waals surface area (Å²) in [6.45, 7) is 0. The fourth-order valence-corrected chi connectivity index (χ4v) is 2.56. The first-order valence-corrected chi connectivity index (χ1v) is 7.18. The Morgan fingerprint density at radius 2 is 2.12 bits per heavy atom. The van der Waals surface area contributed by atoms with Gasteiger partial charge in [0, 0.05) is 11.6 Å². The van der Waals surface area contributed by atoms with Gasteiger partial charge in [-0.25, -0.2) is 13.8 Å². The molecule has 0 amide bonds. The second kappa shape index (κ2) is 4.48. The molecule has 0 bridgehead atoms. The average Bonchev–Trinajstić information content (AvgIpc) is 2.67. The summed E-state index contributed by atoms with van der Waals surface area (Å²) in [6.07, 6.45) is 1.17. The van der Waals surface area contributed by atoms with Gasteiger partial charge >= 0.3 is 0 Å². The van der Waals surface area contributed by atoms with Crippen LogP contribution in [0.4, 0.5) is 0 Å². The Balaban J connectivity index is 2.36. The number of hydrazine groups is 1. The molecule has 92 valence electrons. The van der Waals surface area contributed by atoms with Crippen molar-refractivity contribution in [2.75, 3.05) is 12.0 Å². The van der Waals surface area contributed by atoms with Gasteiger partial charge in [-0.3, -0.25) is 5.84 Å². The molecule has 0 saturated carbocycles. The van der Waals surface area contributed by atoms with Crippen molar-refractivity contribution in [1.82, 2.24) is 5.43 Å². The molecule has 0 fully saturated rings. The summed E-state index contributed by atoms with van der Waals surface area (Å²) in [6, 6.07) is 8.74. The van der Waals surface area contributed by atoms with E-state index in [1.54, 1.807) is 6.07 Å². The maximum atomic E-state index is 11.3. The van der Waals surface area contributed by atoms with Crippen LogP contribution in [0.3, 0.4) is 0 Å². The number of benzene rings is 1. The molecule has 0 aliphatic heterocycles. The zero-order valence-corrected chi connectivity index (χ0v) is 10.2. The summed E-state index contributed by atoms with van der Waals surface area (Å²) in [7, 11) is -3.12. The van der Waals surface area contributed by atoms with E-state index in [0.717, 1.165) is 11.0 Å². The highest BCUT2D eigenvalue weighted by molar-refractivity contribution is 7.90. The summed E-state index contributed by atoms with van der Waals surface area (Å²) in [5.41, 5.74) is 3.18. The van der Waals surface area contributed by atoms with Crippen LogP contribution in [-0.2, 0) is 9.84 Å². The van der Waals surface area contributed by atoms with Crippen LogP contribution in [0, 0.1) is 0 Å². The van der Waals surface area contributed by atoms with E-state index in [1.165, 1.54) is 6.26 Å². The Bertz CT molecular complexity index is 585. The molecule has 5 nitrogen and oxygen atoms in total. The van der Waals surface area contributed by atoms with Crippen molar-refractivity contribution in [3.63, 3.8) is 0 Å². The molecule has 0 spiro atoms. The van der Waals surface area contributed by atoms with Crippen molar-refractivity contribution in [2.45, 2.75) is 6.04 Å². The standard InChI is InChI=1S/C11H14N2O3S/c1-17(14,15)7-9(13-12)11-6-8-4-2-3-5-10(8)16-11/h2-6,9,13H,7,12H2,1H3. The average molecular weight is 254 g/mol. The number of fused-ring (bicyclic) bond motifs is 1. The Kier molecular flexibility index (Phi) is 3.19. The normalized spacial score (nSPS) is 14.0. The summed E-state index contributed by atoms with van der Waals surface area (Å²) >= 11 is 0. The number of sulfone groups is 1. The largest absolute Gasteiger partial charge is 0.459 e. The minimum absolute atomic E-state index is 0.0939. The summed E-state index contributed by atoms with van der Waals surface area (Å²) < 4.78 is 28.1. The molecule has 0 aliphatic rings. The van der Waals surface area contributed by atoms with Crippen molar-refractivity contribution in [3.8, 4) is 0 Å². The molecule has 1 aromatic carbocycles. The van der Waals surface area contributed by atoms with Crippen LogP contribution in [0.2, 0.25) is 0 Å². The highest BCUT2D eigenvalue weighted by atomic mass is 32.2. The Morgan fingerprint density at radius 1 is 1.41 bits per heavy atom. The van der Waals surface area contributed by atoms with Gasteiger partial charge in [0.05, 0.1) is 11.8 Å². The Labute approximate surface area is 99.5 Å². The van der Waals surface area contributed by atoms with Gasteiger partial charge in [-0.1, -0.05) is 18.2 Å². The predicted octanol–water partition coefficient (Wildman–Crippen LogP) is 0.982. The fourth-order valence-electron chi connectivity index (χ4n) is 1.69. The van der Waals surface area contributed by atoms with Gasteiger partial charge in [0.25, 0.3) is 0 Å². The monoisotopic (exact) mass is 254 g/mol. The second-order valence-corrected chi connectivity index (χ2v) is 6.18. The molecule has 0 aliphatic carbocycles. The van der Waals surface area contributed by atoms with Gasteiger partial charge in [-0.15, -0.1) is 0 Å². The molecule has 0 saturated heterocycles. The molecule has 0 radical (unpaired) electrons. The summed E-state index contributed by atoms with van der Waals surface area (Å²) in [5, 5.41) is 0.927. The molecule has 1 atom stereocenters. The lowest BCUT2D eigenvalue weighted by molar-refractivity contribution is 0.457. The number of nitrogens with one attached hydrogen (secondary N) is 1. The zero-order chi connectivity index (χ0) is 12.5. The summed E-state index contributed by atoms with van der Waals surface area (Å²) in [5.74, 6) is 5.79. The first kappa shape index (κ1) is 12.1. The topological polar surface area (TPSA) is 85.3 Å². The maximum Gasteiger partial charge on any atom is 0.149 e. The van der Waals surface area contributed by atoms with Gasteiger partial charge in [-0.05, 0) is 12.1 Å². The maximum absolute atomic E-state index is 11.3. The quantitative estimate of drug-likeness (QED) is 0.627. The van der Waals surface area contributed by atoms with E-state index >= 15 is 0 Å². The van der Waals surface area contributed by atoms with Crippen LogP contribution in [0.5, 0.6) is 0 Å². The minimum Gasteiger partial charge on any atom is -0.459 e. The molecule has 1 heterocycles. The van der Waals surface area contributed by atoms with Crippen LogP contribution in [-0.4, -0.2) is 20.4 Å². The lowest BCUT2D eigenvalue weighted by atomic mass is 10.2. The van der Waals surface area contributed by atoms with Crippen LogP contribution < -0.4 is 11.3 Å².